The van der Waals surface area contributed by atoms with Crippen LogP contribution in [0.3, 0.4) is 0 Å². The minimum Gasteiger partial charge on any atom is -0.366 e. The van der Waals surface area contributed by atoms with Crippen LogP contribution in [0.4, 0.5) is 0 Å². The van der Waals surface area contributed by atoms with Gasteiger partial charge in [0.05, 0.1) is 0 Å². The van der Waals surface area contributed by atoms with Gasteiger partial charge in [0.1, 0.15) is 0 Å². The SMILES string of the molecule is NC(=O)c1ccc(C(=O)NCCCc2ccccc2)cc1. The molecule has 0 saturated carbocycles. The summed E-state index contributed by atoms with van der Waals surface area (Å²) in [5, 5.41) is 2.86. The van der Waals surface area contributed by atoms with Crippen LogP contribution >= 0.6 is 0 Å². The minimum absolute atomic E-state index is 0.140. The van der Waals surface area contributed by atoms with Gasteiger partial charge in [0.2, 0.25) is 5.91 Å². The van der Waals surface area contributed by atoms with E-state index in [4.69, 9.17) is 5.73 Å². The fourth-order valence-electron chi connectivity index (χ4n) is 2.03. The molecule has 0 aliphatic carbocycles. The van der Waals surface area contributed by atoms with Crippen LogP contribution in [0, 0.1) is 0 Å². The molecule has 0 fully saturated rings. The molecule has 3 N–H and O–H groups in total. The maximum absolute atomic E-state index is 11.9. The molecule has 0 saturated heterocycles. The standard InChI is InChI=1S/C17H18N2O2/c18-16(20)14-8-10-15(11-9-14)17(21)19-12-4-7-13-5-2-1-3-6-13/h1-3,5-6,8-11H,4,7,12H2,(H2,18,20)(H,19,21). The molecule has 0 unspecified atom stereocenters. The molecule has 0 bridgehead atoms. The Balaban J connectivity index is 1.78. The molecule has 0 aromatic heterocycles. The molecular formula is C17H18N2O2. The number of hydrogen-bond donors (Lipinski definition) is 2. The van der Waals surface area contributed by atoms with Crippen molar-refractivity contribution in [1.82, 2.24) is 5.32 Å². The van der Waals surface area contributed by atoms with Crippen molar-refractivity contribution in [3.05, 3.63) is 71.3 Å². The fourth-order valence-corrected chi connectivity index (χ4v) is 2.03. The molecule has 0 aliphatic heterocycles. The van der Waals surface area contributed by atoms with Crippen LogP contribution in [0.25, 0.3) is 0 Å². The molecule has 0 heterocycles. The van der Waals surface area contributed by atoms with Gasteiger partial charge in [-0.1, -0.05) is 30.3 Å². The molecule has 0 atom stereocenters. The predicted molar refractivity (Wildman–Crippen MR) is 82.1 cm³/mol. The number of aryl methyl sites for hydroxylation is 1. The van der Waals surface area contributed by atoms with Gasteiger partial charge >= 0.3 is 0 Å². The third kappa shape index (κ3) is 4.45. The van der Waals surface area contributed by atoms with Gasteiger partial charge in [-0.05, 0) is 42.7 Å². The van der Waals surface area contributed by atoms with Crippen molar-refractivity contribution in [2.24, 2.45) is 5.73 Å². The number of nitrogens with one attached hydrogen (secondary N) is 1. The van der Waals surface area contributed by atoms with Crippen LogP contribution in [0.5, 0.6) is 0 Å². The van der Waals surface area contributed by atoms with Gasteiger partial charge in [-0.2, -0.15) is 0 Å². The highest BCUT2D eigenvalue weighted by molar-refractivity contribution is 5.97. The van der Waals surface area contributed by atoms with Crippen LogP contribution in [0.1, 0.15) is 32.7 Å². The second-order valence-corrected chi connectivity index (χ2v) is 4.79. The highest BCUT2D eigenvalue weighted by Crippen LogP contribution is 2.05. The lowest BCUT2D eigenvalue weighted by Gasteiger charge is -2.06. The second kappa shape index (κ2) is 7.24. The Bertz CT molecular complexity index is 606. The first-order valence-electron chi connectivity index (χ1n) is 6.89. The molecule has 4 heteroatoms. The second-order valence-electron chi connectivity index (χ2n) is 4.79. The number of nitrogens with two attached hydrogens (primary N) is 1. The van der Waals surface area contributed by atoms with E-state index < -0.39 is 5.91 Å². The van der Waals surface area contributed by atoms with Crippen LogP contribution < -0.4 is 11.1 Å². The summed E-state index contributed by atoms with van der Waals surface area (Å²) in [6.07, 6.45) is 1.82. The maximum atomic E-state index is 11.9. The Labute approximate surface area is 124 Å². The number of carbonyl (C=O) groups excluding carboxylic acids is 2. The topological polar surface area (TPSA) is 72.2 Å². The molecule has 4 nitrogen and oxygen atoms in total. The smallest absolute Gasteiger partial charge is 0.251 e. The van der Waals surface area contributed by atoms with Crippen molar-refractivity contribution in [2.75, 3.05) is 6.54 Å². The quantitative estimate of drug-likeness (QED) is 0.797. The number of carbonyl (C=O) groups is 2. The number of benzene rings is 2. The molecule has 0 aliphatic rings. The van der Waals surface area contributed by atoms with Crippen molar-refractivity contribution < 1.29 is 9.59 Å². The summed E-state index contributed by atoms with van der Waals surface area (Å²) < 4.78 is 0. The Morgan fingerprint density at radius 1 is 0.905 bits per heavy atom. The van der Waals surface area contributed by atoms with E-state index in [1.807, 2.05) is 18.2 Å². The van der Waals surface area contributed by atoms with Gasteiger partial charge in [0.15, 0.2) is 0 Å². The van der Waals surface area contributed by atoms with E-state index in [9.17, 15) is 9.59 Å². The van der Waals surface area contributed by atoms with E-state index in [2.05, 4.69) is 17.4 Å². The Morgan fingerprint density at radius 2 is 1.52 bits per heavy atom. The molecule has 0 radical (unpaired) electrons. The lowest BCUT2D eigenvalue weighted by atomic mass is 10.1. The normalized spacial score (nSPS) is 10.1. The first-order valence-corrected chi connectivity index (χ1v) is 6.89. The maximum Gasteiger partial charge on any atom is 0.251 e. The molecule has 2 rings (SSSR count). The first-order chi connectivity index (χ1) is 10.2. The summed E-state index contributed by atoms with van der Waals surface area (Å²) in [6, 6.07) is 16.5. The molecule has 2 aromatic rings. The van der Waals surface area contributed by atoms with Crippen LogP contribution in [-0.4, -0.2) is 18.4 Å². The van der Waals surface area contributed by atoms with Crippen molar-refractivity contribution in [2.45, 2.75) is 12.8 Å². The van der Waals surface area contributed by atoms with E-state index >= 15 is 0 Å². The van der Waals surface area contributed by atoms with E-state index in [1.165, 1.54) is 5.56 Å². The number of primary amides is 1. The monoisotopic (exact) mass is 282 g/mol. The lowest BCUT2D eigenvalue weighted by Crippen LogP contribution is -2.24. The van der Waals surface area contributed by atoms with Crippen molar-refractivity contribution in [3.63, 3.8) is 0 Å². The van der Waals surface area contributed by atoms with Crippen LogP contribution in [0.15, 0.2) is 54.6 Å². The molecule has 2 aromatic carbocycles. The van der Waals surface area contributed by atoms with Gasteiger partial charge in [-0.15, -0.1) is 0 Å². The average Bonchev–Trinajstić information content (AvgIpc) is 2.52. The zero-order chi connectivity index (χ0) is 15.1. The first kappa shape index (κ1) is 14.8. The van der Waals surface area contributed by atoms with Gasteiger partial charge in [0.25, 0.3) is 5.91 Å². The molecule has 21 heavy (non-hydrogen) atoms. The van der Waals surface area contributed by atoms with E-state index in [0.717, 1.165) is 12.8 Å². The Kier molecular flexibility index (Phi) is 5.10. The highest BCUT2D eigenvalue weighted by Gasteiger charge is 2.06. The zero-order valence-corrected chi connectivity index (χ0v) is 11.7. The summed E-state index contributed by atoms with van der Waals surface area (Å²) in [7, 11) is 0. The van der Waals surface area contributed by atoms with Crippen LogP contribution in [0.2, 0.25) is 0 Å². The van der Waals surface area contributed by atoms with Crippen molar-refractivity contribution in [3.8, 4) is 0 Å². The highest BCUT2D eigenvalue weighted by atomic mass is 16.2. The zero-order valence-electron chi connectivity index (χ0n) is 11.7. The Morgan fingerprint density at radius 3 is 2.14 bits per heavy atom. The van der Waals surface area contributed by atoms with E-state index in [0.29, 0.717) is 17.7 Å². The summed E-state index contributed by atoms with van der Waals surface area (Å²) in [4.78, 5) is 22.9. The van der Waals surface area contributed by atoms with Gasteiger partial charge in [-0.25, -0.2) is 0 Å². The summed E-state index contributed by atoms with van der Waals surface area (Å²) in [5.74, 6) is -0.635. The average molecular weight is 282 g/mol. The van der Waals surface area contributed by atoms with Crippen molar-refractivity contribution in [1.29, 1.82) is 0 Å². The Hall–Kier alpha value is -2.62. The summed E-state index contributed by atoms with van der Waals surface area (Å²) in [5.41, 5.74) is 7.34. The van der Waals surface area contributed by atoms with E-state index in [-0.39, 0.29) is 5.91 Å². The molecule has 2 amide bonds. The van der Waals surface area contributed by atoms with Crippen molar-refractivity contribution >= 4 is 11.8 Å². The number of rotatable bonds is 6. The predicted octanol–water partition coefficient (Wildman–Crippen LogP) is 2.15. The van der Waals surface area contributed by atoms with Gasteiger partial charge in [0, 0.05) is 17.7 Å². The number of amides is 2. The van der Waals surface area contributed by atoms with Gasteiger partial charge in [-0.3, -0.25) is 9.59 Å². The third-order valence-corrected chi connectivity index (χ3v) is 3.20. The largest absolute Gasteiger partial charge is 0.366 e. The lowest BCUT2D eigenvalue weighted by molar-refractivity contribution is 0.0950. The minimum atomic E-state index is -0.496. The fraction of sp³-hybridized carbons (Fsp3) is 0.176. The molecule has 0 spiro atoms. The number of hydrogen-bond acceptors (Lipinski definition) is 2. The van der Waals surface area contributed by atoms with Crippen LogP contribution in [-0.2, 0) is 6.42 Å². The van der Waals surface area contributed by atoms with Gasteiger partial charge < -0.3 is 11.1 Å². The third-order valence-electron chi connectivity index (χ3n) is 3.20. The molecule has 108 valence electrons. The summed E-state index contributed by atoms with van der Waals surface area (Å²) in [6.45, 7) is 0.616. The van der Waals surface area contributed by atoms with E-state index in [1.54, 1.807) is 24.3 Å². The summed E-state index contributed by atoms with van der Waals surface area (Å²) >= 11 is 0. The molecular weight excluding hydrogens is 264 g/mol.